The second-order valence-electron chi connectivity index (χ2n) is 2.62. The van der Waals surface area contributed by atoms with E-state index in [0.717, 1.165) is 6.29 Å². The summed E-state index contributed by atoms with van der Waals surface area (Å²) < 4.78 is 0. The van der Waals surface area contributed by atoms with E-state index < -0.39 is 0 Å². The Balaban J connectivity index is 0. The summed E-state index contributed by atoms with van der Waals surface area (Å²) in [5.41, 5.74) is 0. The number of hydrogen-bond acceptors (Lipinski definition) is 1. The molecule has 68 valence electrons. The summed E-state index contributed by atoms with van der Waals surface area (Å²) in [5, 5.41) is 0. The highest BCUT2D eigenvalue weighted by molar-refractivity contribution is 6.25. The minimum absolute atomic E-state index is 0.222. The zero-order valence-corrected chi connectivity index (χ0v) is 8.82. The van der Waals surface area contributed by atoms with Crippen molar-refractivity contribution in [2.75, 3.05) is 11.8 Å². The van der Waals surface area contributed by atoms with Crippen molar-refractivity contribution in [1.82, 2.24) is 0 Å². The van der Waals surface area contributed by atoms with E-state index in [1.165, 1.54) is 0 Å². The molecule has 0 aromatic rings. The van der Waals surface area contributed by atoms with E-state index in [4.69, 9.17) is 23.2 Å². The minimum atomic E-state index is 0.222. The average Bonchev–Trinajstić information content (AvgIpc) is 2.03. The molecule has 0 saturated heterocycles. The monoisotopic (exact) mass is 198 g/mol. The van der Waals surface area contributed by atoms with Crippen molar-refractivity contribution in [1.29, 1.82) is 0 Å². The number of halogens is 2. The molecule has 0 saturated carbocycles. The first-order chi connectivity index (χ1) is 5.09. The summed E-state index contributed by atoms with van der Waals surface area (Å²) >= 11 is 10.1. The summed E-state index contributed by atoms with van der Waals surface area (Å²) in [7, 11) is 0. The Morgan fingerprint density at radius 2 is 1.55 bits per heavy atom. The number of carbonyl (C=O) groups excluding carboxylic acids is 1. The largest absolute Gasteiger partial charge is 0.303 e. The van der Waals surface area contributed by atoms with E-state index >= 15 is 0 Å². The van der Waals surface area contributed by atoms with Crippen molar-refractivity contribution in [2.45, 2.75) is 20.8 Å². The maximum atomic E-state index is 9.95. The van der Waals surface area contributed by atoms with Crippen molar-refractivity contribution in [3.8, 4) is 0 Å². The molecule has 0 fully saturated rings. The lowest BCUT2D eigenvalue weighted by Crippen LogP contribution is -2.03. The number of aldehydes is 1. The van der Waals surface area contributed by atoms with Crippen molar-refractivity contribution >= 4 is 29.5 Å². The fourth-order valence-corrected chi connectivity index (χ4v) is 0.157. The third-order valence-corrected chi connectivity index (χ3v) is 1.91. The highest BCUT2D eigenvalue weighted by Crippen LogP contribution is 2.04. The summed E-state index contributed by atoms with van der Waals surface area (Å²) in [6.07, 6.45) is 0.991. The van der Waals surface area contributed by atoms with Crippen LogP contribution in [0.25, 0.3) is 0 Å². The van der Waals surface area contributed by atoms with E-state index in [9.17, 15) is 4.79 Å². The Morgan fingerprint density at radius 1 is 1.18 bits per heavy atom. The van der Waals surface area contributed by atoms with Crippen molar-refractivity contribution in [2.24, 2.45) is 11.8 Å². The van der Waals surface area contributed by atoms with E-state index in [1.807, 2.05) is 20.8 Å². The van der Waals surface area contributed by atoms with Crippen LogP contribution in [0.1, 0.15) is 20.8 Å². The first-order valence-electron chi connectivity index (χ1n) is 3.67. The van der Waals surface area contributed by atoms with E-state index in [0.29, 0.717) is 17.7 Å². The predicted octanol–water partition coefficient (Wildman–Crippen LogP) is 2.94. The molecule has 1 nitrogen and oxygen atoms in total. The topological polar surface area (TPSA) is 17.1 Å². The van der Waals surface area contributed by atoms with Gasteiger partial charge in [0, 0.05) is 17.7 Å². The van der Waals surface area contributed by atoms with Gasteiger partial charge in [-0.25, -0.2) is 0 Å². The third-order valence-electron chi connectivity index (χ3n) is 1.34. The van der Waals surface area contributed by atoms with Crippen LogP contribution in [0.3, 0.4) is 0 Å². The molecule has 1 atom stereocenters. The number of alkyl halides is 2. The molecule has 3 heteroatoms. The zero-order chi connectivity index (χ0) is 9.28. The molecule has 0 amide bonds. The van der Waals surface area contributed by atoms with Crippen LogP contribution >= 0.6 is 23.2 Å². The normalized spacial score (nSPS) is 11.8. The van der Waals surface area contributed by atoms with Crippen LogP contribution in [0.4, 0.5) is 0 Å². The standard InChI is InChI=1S/C6H12O.C2H4Cl2/c1-5(2)6(3)4-7;3-1-2-4/h4-6H,1-3H3;1-2H2. The Hall–Kier alpha value is 0.250. The van der Waals surface area contributed by atoms with E-state index in [1.54, 1.807) is 0 Å². The molecular weight excluding hydrogens is 183 g/mol. The maximum Gasteiger partial charge on any atom is 0.123 e. The first kappa shape index (κ1) is 13.8. The molecule has 0 aliphatic carbocycles. The Labute approximate surface area is 79.1 Å². The highest BCUT2D eigenvalue weighted by atomic mass is 35.5. The van der Waals surface area contributed by atoms with Crippen molar-refractivity contribution in [3.05, 3.63) is 0 Å². The average molecular weight is 199 g/mol. The van der Waals surface area contributed by atoms with Gasteiger partial charge >= 0.3 is 0 Å². The molecule has 0 aliphatic heterocycles. The molecule has 0 heterocycles. The van der Waals surface area contributed by atoms with Gasteiger partial charge in [-0.1, -0.05) is 20.8 Å². The van der Waals surface area contributed by atoms with Gasteiger partial charge < -0.3 is 4.79 Å². The predicted molar refractivity (Wildman–Crippen MR) is 51.5 cm³/mol. The lowest BCUT2D eigenvalue weighted by Gasteiger charge is -2.04. The van der Waals surface area contributed by atoms with Crippen molar-refractivity contribution in [3.63, 3.8) is 0 Å². The zero-order valence-electron chi connectivity index (χ0n) is 7.31. The maximum absolute atomic E-state index is 9.95. The molecule has 0 N–H and O–H groups in total. The van der Waals surface area contributed by atoms with Gasteiger partial charge in [-0.05, 0) is 5.92 Å². The SMILES string of the molecule is CC(C)C(C)C=O.ClCCCl. The van der Waals surface area contributed by atoms with E-state index in [2.05, 4.69) is 0 Å². The van der Waals surface area contributed by atoms with Crippen LogP contribution in [-0.4, -0.2) is 18.0 Å². The van der Waals surface area contributed by atoms with Crippen LogP contribution in [0.2, 0.25) is 0 Å². The van der Waals surface area contributed by atoms with Crippen LogP contribution in [-0.2, 0) is 4.79 Å². The summed E-state index contributed by atoms with van der Waals surface area (Å²) in [6, 6.07) is 0. The molecule has 0 rings (SSSR count). The van der Waals surface area contributed by atoms with Crippen LogP contribution in [0.15, 0.2) is 0 Å². The lowest BCUT2D eigenvalue weighted by molar-refractivity contribution is -0.111. The Bertz CT molecular complexity index is 82.2. The second-order valence-corrected chi connectivity index (χ2v) is 3.37. The number of hydrogen-bond donors (Lipinski definition) is 0. The fraction of sp³-hybridized carbons (Fsp3) is 0.875. The molecule has 0 aromatic heterocycles. The first-order valence-corrected chi connectivity index (χ1v) is 4.74. The Kier molecular flexibility index (Phi) is 12.9. The summed E-state index contributed by atoms with van der Waals surface area (Å²) in [5.74, 6) is 1.83. The van der Waals surface area contributed by atoms with Gasteiger partial charge in [0.25, 0.3) is 0 Å². The molecule has 0 aliphatic rings. The molecule has 0 radical (unpaired) electrons. The van der Waals surface area contributed by atoms with Gasteiger partial charge in [0.2, 0.25) is 0 Å². The second kappa shape index (κ2) is 10.2. The van der Waals surface area contributed by atoms with Gasteiger partial charge in [0.15, 0.2) is 0 Å². The molecule has 0 aromatic carbocycles. The number of carbonyl (C=O) groups is 1. The summed E-state index contributed by atoms with van der Waals surface area (Å²) in [6.45, 7) is 6.01. The van der Waals surface area contributed by atoms with Gasteiger partial charge in [-0.3, -0.25) is 0 Å². The van der Waals surface area contributed by atoms with Gasteiger partial charge in [0.1, 0.15) is 6.29 Å². The quantitative estimate of drug-likeness (QED) is 0.504. The lowest BCUT2D eigenvalue weighted by atomic mass is 10.0. The molecule has 0 bridgehead atoms. The van der Waals surface area contributed by atoms with Gasteiger partial charge in [-0.2, -0.15) is 0 Å². The van der Waals surface area contributed by atoms with Crippen molar-refractivity contribution < 1.29 is 4.79 Å². The summed E-state index contributed by atoms with van der Waals surface area (Å²) in [4.78, 5) is 9.95. The van der Waals surface area contributed by atoms with Crippen LogP contribution in [0, 0.1) is 11.8 Å². The number of rotatable bonds is 3. The smallest absolute Gasteiger partial charge is 0.123 e. The van der Waals surface area contributed by atoms with Gasteiger partial charge in [0.05, 0.1) is 0 Å². The molecule has 0 spiro atoms. The Morgan fingerprint density at radius 3 is 1.55 bits per heavy atom. The molecule has 1 unspecified atom stereocenters. The minimum Gasteiger partial charge on any atom is -0.303 e. The fourth-order valence-electron chi connectivity index (χ4n) is 0.157. The molecule has 11 heavy (non-hydrogen) atoms. The van der Waals surface area contributed by atoms with Gasteiger partial charge in [-0.15, -0.1) is 23.2 Å². The van der Waals surface area contributed by atoms with Crippen LogP contribution in [0.5, 0.6) is 0 Å². The third kappa shape index (κ3) is 13.3. The highest BCUT2D eigenvalue weighted by Gasteiger charge is 2.02. The van der Waals surface area contributed by atoms with E-state index in [-0.39, 0.29) is 5.92 Å². The van der Waals surface area contributed by atoms with Crippen LogP contribution < -0.4 is 0 Å². The molecular formula is C8H16Cl2O.